The van der Waals surface area contributed by atoms with Crippen LogP contribution in [-0.2, 0) is 6.42 Å². The molecule has 8 heteroatoms. The Labute approximate surface area is 218 Å². The first-order valence-electron chi connectivity index (χ1n) is 13.6. The summed E-state index contributed by atoms with van der Waals surface area (Å²) in [6.45, 7) is 5.62. The quantitative estimate of drug-likeness (QED) is 0.340. The van der Waals surface area contributed by atoms with Crippen molar-refractivity contribution < 1.29 is 0 Å². The number of aromatic nitrogens is 6. The Balaban J connectivity index is 1.15. The number of allylic oxidation sites excluding steroid dienone is 4. The van der Waals surface area contributed by atoms with E-state index in [4.69, 9.17) is 4.98 Å². The average molecular weight is 497 g/mol. The number of nitrogens with one attached hydrogen (secondary N) is 2. The van der Waals surface area contributed by atoms with Crippen LogP contribution in [-0.4, -0.2) is 66.9 Å². The SMILES string of the molecule is C1=CCC(c2cn(C(CCCc3c[nH]c4ccc(-n5cnnc5)cc34)CCN3CCNCC3)cn2)C=C1. The van der Waals surface area contributed by atoms with Crippen molar-refractivity contribution in [1.29, 1.82) is 0 Å². The highest BCUT2D eigenvalue weighted by Gasteiger charge is 2.18. The van der Waals surface area contributed by atoms with Crippen molar-refractivity contribution in [2.24, 2.45) is 0 Å². The topological polar surface area (TPSA) is 79.6 Å². The lowest BCUT2D eigenvalue weighted by Crippen LogP contribution is -2.44. The number of H-pyrrole nitrogens is 1. The van der Waals surface area contributed by atoms with Crippen LogP contribution in [0.1, 0.15) is 48.9 Å². The van der Waals surface area contributed by atoms with Crippen LogP contribution >= 0.6 is 0 Å². The molecule has 2 atom stereocenters. The normalized spacial score (nSPS) is 19.1. The minimum Gasteiger partial charge on any atom is -0.361 e. The number of nitrogens with zero attached hydrogens (tertiary/aromatic N) is 6. The van der Waals surface area contributed by atoms with Gasteiger partial charge in [-0.15, -0.1) is 10.2 Å². The second kappa shape index (κ2) is 11.3. The molecule has 8 nitrogen and oxygen atoms in total. The van der Waals surface area contributed by atoms with Crippen molar-refractivity contribution in [3.8, 4) is 5.69 Å². The van der Waals surface area contributed by atoms with Crippen molar-refractivity contribution >= 4 is 10.9 Å². The van der Waals surface area contributed by atoms with Gasteiger partial charge in [-0.25, -0.2) is 4.98 Å². The fourth-order valence-electron chi connectivity index (χ4n) is 5.65. The molecular formula is C29H36N8. The summed E-state index contributed by atoms with van der Waals surface area (Å²) in [6, 6.07) is 6.94. The van der Waals surface area contributed by atoms with Gasteiger partial charge in [0.15, 0.2) is 0 Å². The van der Waals surface area contributed by atoms with Crippen molar-refractivity contribution in [3.05, 3.63) is 85.1 Å². The summed E-state index contributed by atoms with van der Waals surface area (Å²) in [6.07, 6.45) is 24.3. The third kappa shape index (κ3) is 5.60. The van der Waals surface area contributed by atoms with E-state index in [9.17, 15) is 0 Å². The Hall–Kier alpha value is -3.49. The minimum absolute atomic E-state index is 0.395. The molecule has 2 N–H and O–H groups in total. The van der Waals surface area contributed by atoms with Gasteiger partial charge in [-0.3, -0.25) is 4.57 Å². The van der Waals surface area contributed by atoms with E-state index < -0.39 is 0 Å². The van der Waals surface area contributed by atoms with Crippen LogP contribution < -0.4 is 5.32 Å². The molecule has 0 spiro atoms. The predicted molar refractivity (Wildman–Crippen MR) is 147 cm³/mol. The van der Waals surface area contributed by atoms with Gasteiger partial charge in [0.05, 0.1) is 12.0 Å². The molecule has 192 valence electrons. The number of hydrogen-bond donors (Lipinski definition) is 2. The number of rotatable bonds is 10. The van der Waals surface area contributed by atoms with Gasteiger partial charge in [-0.2, -0.15) is 0 Å². The number of aromatic amines is 1. The van der Waals surface area contributed by atoms with E-state index in [1.54, 1.807) is 12.7 Å². The summed E-state index contributed by atoms with van der Waals surface area (Å²) < 4.78 is 4.35. The Morgan fingerprint density at radius 2 is 1.92 bits per heavy atom. The molecule has 0 amide bonds. The first-order valence-corrected chi connectivity index (χ1v) is 13.6. The zero-order valence-corrected chi connectivity index (χ0v) is 21.3. The van der Waals surface area contributed by atoms with Crippen molar-refractivity contribution in [2.75, 3.05) is 32.7 Å². The highest BCUT2D eigenvalue weighted by molar-refractivity contribution is 5.85. The Bertz CT molecular complexity index is 1340. The van der Waals surface area contributed by atoms with E-state index in [2.05, 4.69) is 91.2 Å². The maximum Gasteiger partial charge on any atom is 0.123 e. The lowest BCUT2D eigenvalue weighted by Gasteiger charge is -2.29. The standard InChI is InChI=1S/C29H36N8/c1-2-5-23(6-3-1)29-19-36(20-32-29)25(11-14-35-15-12-30-13-16-35)8-4-7-24-18-31-28-10-9-26(17-27(24)28)37-21-33-34-22-37/h1-3,5,9-10,17-23,25,30-31H,4,6-8,11-16H2. The molecule has 0 radical (unpaired) electrons. The summed E-state index contributed by atoms with van der Waals surface area (Å²) >= 11 is 0. The fourth-order valence-corrected chi connectivity index (χ4v) is 5.65. The largest absolute Gasteiger partial charge is 0.361 e. The molecule has 1 saturated heterocycles. The number of imidazole rings is 1. The molecule has 2 aliphatic rings. The van der Waals surface area contributed by atoms with Gasteiger partial charge < -0.3 is 19.8 Å². The Morgan fingerprint density at radius 3 is 2.76 bits per heavy atom. The van der Waals surface area contributed by atoms with E-state index in [0.717, 1.165) is 70.5 Å². The summed E-state index contributed by atoms with van der Waals surface area (Å²) in [5.41, 5.74) is 4.82. The van der Waals surface area contributed by atoms with Crippen LogP contribution in [0, 0.1) is 0 Å². The van der Waals surface area contributed by atoms with Crippen molar-refractivity contribution in [3.63, 3.8) is 0 Å². The molecule has 1 aliphatic heterocycles. The number of benzene rings is 1. The lowest BCUT2D eigenvalue weighted by atomic mass is 9.98. The molecule has 1 aliphatic carbocycles. The smallest absolute Gasteiger partial charge is 0.123 e. The minimum atomic E-state index is 0.395. The highest BCUT2D eigenvalue weighted by Crippen LogP contribution is 2.28. The first-order chi connectivity index (χ1) is 18.3. The molecule has 37 heavy (non-hydrogen) atoms. The van der Waals surface area contributed by atoms with Crippen LogP contribution in [0.25, 0.3) is 16.6 Å². The molecule has 4 heterocycles. The maximum absolute atomic E-state index is 4.83. The second-order valence-electron chi connectivity index (χ2n) is 10.2. The predicted octanol–water partition coefficient (Wildman–Crippen LogP) is 4.40. The molecule has 0 saturated carbocycles. The number of piperazine rings is 1. The molecule has 2 unspecified atom stereocenters. The van der Waals surface area contributed by atoms with E-state index in [1.165, 1.54) is 22.2 Å². The van der Waals surface area contributed by atoms with Crippen LogP contribution in [0.5, 0.6) is 0 Å². The van der Waals surface area contributed by atoms with Crippen molar-refractivity contribution in [1.82, 2.24) is 39.5 Å². The third-order valence-electron chi connectivity index (χ3n) is 7.84. The van der Waals surface area contributed by atoms with E-state index in [0.29, 0.717) is 12.0 Å². The van der Waals surface area contributed by atoms with Crippen LogP contribution in [0.2, 0.25) is 0 Å². The summed E-state index contributed by atoms with van der Waals surface area (Å²) in [5.74, 6) is 0.395. The molecule has 3 aromatic heterocycles. The van der Waals surface area contributed by atoms with Gasteiger partial charge in [0.25, 0.3) is 0 Å². The average Bonchev–Trinajstić information content (AvgIpc) is 3.73. The van der Waals surface area contributed by atoms with Crippen molar-refractivity contribution in [2.45, 2.75) is 44.1 Å². The zero-order chi connectivity index (χ0) is 24.9. The highest BCUT2D eigenvalue weighted by atomic mass is 15.2. The molecule has 1 aromatic carbocycles. The van der Waals surface area contributed by atoms with E-state index >= 15 is 0 Å². The van der Waals surface area contributed by atoms with Gasteiger partial charge in [0.2, 0.25) is 0 Å². The van der Waals surface area contributed by atoms with Gasteiger partial charge in [0.1, 0.15) is 12.7 Å². The van der Waals surface area contributed by atoms with Gasteiger partial charge >= 0.3 is 0 Å². The summed E-state index contributed by atoms with van der Waals surface area (Å²) in [7, 11) is 0. The van der Waals surface area contributed by atoms with Crippen LogP contribution in [0.4, 0.5) is 0 Å². The monoisotopic (exact) mass is 496 g/mol. The zero-order valence-electron chi connectivity index (χ0n) is 21.3. The Morgan fingerprint density at radius 1 is 1.03 bits per heavy atom. The number of aryl methyl sites for hydroxylation is 1. The number of fused-ring (bicyclic) bond motifs is 1. The van der Waals surface area contributed by atoms with Gasteiger partial charge in [-0.1, -0.05) is 24.3 Å². The molecule has 1 fully saturated rings. The molecule has 0 bridgehead atoms. The maximum atomic E-state index is 4.83. The van der Waals surface area contributed by atoms with Gasteiger partial charge in [-0.05, 0) is 55.9 Å². The van der Waals surface area contributed by atoms with E-state index in [-0.39, 0.29) is 0 Å². The third-order valence-corrected chi connectivity index (χ3v) is 7.84. The second-order valence-corrected chi connectivity index (χ2v) is 10.2. The molecular weight excluding hydrogens is 460 g/mol. The summed E-state index contributed by atoms with van der Waals surface area (Å²) in [5, 5.41) is 12.7. The first kappa shape index (κ1) is 23.9. The molecule has 6 rings (SSSR count). The van der Waals surface area contributed by atoms with Crippen LogP contribution in [0.15, 0.2) is 73.9 Å². The van der Waals surface area contributed by atoms with Gasteiger partial charge in [0, 0.05) is 73.7 Å². The molecule has 4 aromatic rings. The summed E-state index contributed by atoms with van der Waals surface area (Å²) in [4.78, 5) is 10.9. The lowest BCUT2D eigenvalue weighted by molar-refractivity contribution is 0.221. The number of hydrogen-bond acceptors (Lipinski definition) is 5. The Kier molecular flexibility index (Phi) is 7.28. The van der Waals surface area contributed by atoms with E-state index in [1.807, 2.05) is 4.57 Å². The fraction of sp³-hybridized carbons (Fsp3) is 0.414. The van der Waals surface area contributed by atoms with Crippen LogP contribution in [0.3, 0.4) is 0 Å².